The van der Waals surface area contributed by atoms with Crippen LogP contribution in [0.3, 0.4) is 0 Å². The Balaban J connectivity index is 2.13. The van der Waals surface area contributed by atoms with E-state index in [1.807, 2.05) is 0 Å². The van der Waals surface area contributed by atoms with Crippen LogP contribution in [0.5, 0.6) is 0 Å². The number of nitrogens with zero attached hydrogens (tertiary/aromatic N) is 4. The highest BCUT2D eigenvalue weighted by molar-refractivity contribution is 5.99. The summed E-state index contributed by atoms with van der Waals surface area (Å²) in [6, 6.07) is 5.67. The number of rotatable bonds is 2. The van der Waals surface area contributed by atoms with Crippen LogP contribution in [-0.2, 0) is 0 Å². The number of carboxylic acid groups (broad SMARTS) is 1. The van der Waals surface area contributed by atoms with Crippen molar-refractivity contribution in [3.05, 3.63) is 47.0 Å². The predicted octanol–water partition coefficient (Wildman–Crippen LogP) is 2.45. The van der Waals surface area contributed by atoms with E-state index in [0.29, 0.717) is 22.2 Å². The van der Waals surface area contributed by atoms with Crippen LogP contribution < -0.4 is 10.6 Å². The van der Waals surface area contributed by atoms with Crippen molar-refractivity contribution in [3.8, 4) is 17.9 Å². The summed E-state index contributed by atoms with van der Waals surface area (Å²) in [5.74, 6) is 5.15. The minimum Gasteiger partial charge on any atom is -0.465 e. The highest BCUT2D eigenvalue weighted by Crippen LogP contribution is 2.28. The van der Waals surface area contributed by atoms with Gasteiger partial charge in [0.05, 0.1) is 23.0 Å². The number of benzene rings is 1. The van der Waals surface area contributed by atoms with Gasteiger partial charge in [0, 0.05) is 12.1 Å². The summed E-state index contributed by atoms with van der Waals surface area (Å²) in [4.78, 5) is 23.6. The fourth-order valence-electron chi connectivity index (χ4n) is 2.52. The monoisotopic (exact) mass is 364 g/mol. The van der Waals surface area contributed by atoms with Crippen molar-refractivity contribution in [2.45, 2.75) is 6.92 Å². The molecular formula is C18H13FN6O2. The van der Waals surface area contributed by atoms with Gasteiger partial charge in [0.15, 0.2) is 5.82 Å². The molecule has 2 aromatic heterocycles. The molecule has 1 aromatic carbocycles. The molecule has 0 atom stereocenters. The number of nitrogens with two attached hydrogens (primary N) is 1. The molecule has 0 fully saturated rings. The number of amides is 1. The Morgan fingerprint density at radius 1 is 1.44 bits per heavy atom. The lowest BCUT2D eigenvalue weighted by molar-refractivity contribution is 0.202. The second-order valence-electron chi connectivity index (χ2n) is 5.41. The lowest BCUT2D eigenvalue weighted by atomic mass is 10.1. The van der Waals surface area contributed by atoms with Gasteiger partial charge in [-0.3, -0.25) is 4.90 Å². The van der Waals surface area contributed by atoms with Crippen LogP contribution in [0.15, 0.2) is 24.5 Å². The molecule has 8 nitrogen and oxygen atoms in total. The van der Waals surface area contributed by atoms with Crippen LogP contribution in [0.1, 0.15) is 23.6 Å². The Labute approximate surface area is 153 Å². The molecule has 3 rings (SSSR count). The molecule has 0 radical (unpaired) electrons. The quantitative estimate of drug-likeness (QED) is 0.598. The van der Waals surface area contributed by atoms with Gasteiger partial charge in [-0.2, -0.15) is 5.26 Å². The second-order valence-corrected chi connectivity index (χ2v) is 5.41. The zero-order valence-corrected chi connectivity index (χ0v) is 14.1. The molecule has 27 heavy (non-hydrogen) atoms. The van der Waals surface area contributed by atoms with Crippen molar-refractivity contribution in [3.63, 3.8) is 0 Å². The van der Waals surface area contributed by atoms with E-state index in [4.69, 9.17) is 11.0 Å². The van der Waals surface area contributed by atoms with E-state index in [1.54, 1.807) is 13.0 Å². The first-order chi connectivity index (χ1) is 13.0. The summed E-state index contributed by atoms with van der Waals surface area (Å²) in [5, 5.41) is 18.2. The number of halogens is 1. The normalized spacial score (nSPS) is 10.1. The molecule has 0 aliphatic carbocycles. The summed E-state index contributed by atoms with van der Waals surface area (Å²) in [7, 11) is 0. The Bertz CT molecular complexity index is 1150. The van der Waals surface area contributed by atoms with Gasteiger partial charge in [0.2, 0.25) is 0 Å². The summed E-state index contributed by atoms with van der Waals surface area (Å²) in [6.45, 7) is 1.83. The van der Waals surface area contributed by atoms with E-state index in [9.17, 15) is 14.3 Å². The zero-order valence-electron chi connectivity index (χ0n) is 14.1. The first kappa shape index (κ1) is 17.7. The van der Waals surface area contributed by atoms with Gasteiger partial charge in [-0.05, 0) is 25.1 Å². The third kappa shape index (κ3) is 3.22. The van der Waals surface area contributed by atoms with E-state index in [0.717, 1.165) is 11.0 Å². The van der Waals surface area contributed by atoms with Crippen LogP contribution >= 0.6 is 0 Å². The first-order valence-corrected chi connectivity index (χ1v) is 7.81. The number of anilines is 2. The van der Waals surface area contributed by atoms with Crippen LogP contribution in [0.4, 0.5) is 20.8 Å². The van der Waals surface area contributed by atoms with Gasteiger partial charge >= 0.3 is 6.09 Å². The molecule has 4 N–H and O–H groups in total. The number of carbonyl (C=O) groups is 1. The number of H-pyrrole nitrogens is 1. The topological polar surface area (TPSA) is 132 Å². The van der Waals surface area contributed by atoms with Gasteiger partial charge in [0.25, 0.3) is 0 Å². The van der Waals surface area contributed by atoms with E-state index in [1.165, 1.54) is 18.5 Å². The Hall–Kier alpha value is -4.11. The number of aromatic nitrogens is 3. The van der Waals surface area contributed by atoms with E-state index in [2.05, 4.69) is 26.8 Å². The standard InChI is InChI=1S/C18H13FN6O2/c1-2-25(18(26)27)17-15-14(22-9-23-15)12(16(21)24-17)5-3-10-4-6-13(19)11(7-10)8-20/h4,6-7,9H,2H2,1H3,(H2,21,24)(H,22,23)(H,26,27). The highest BCUT2D eigenvalue weighted by Gasteiger charge is 2.21. The summed E-state index contributed by atoms with van der Waals surface area (Å²) in [6.07, 6.45) is 0.213. The Morgan fingerprint density at radius 2 is 2.22 bits per heavy atom. The predicted molar refractivity (Wildman–Crippen MR) is 96.4 cm³/mol. The maximum atomic E-state index is 13.4. The van der Waals surface area contributed by atoms with E-state index >= 15 is 0 Å². The van der Waals surface area contributed by atoms with Gasteiger partial charge in [0.1, 0.15) is 23.2 Å². The molecule has 1 amide bonds. The Morgan fingerprint density at radius 3 is 2.89 bits per heavy atom. The fraction of sp³-hybridized carbons (Fsp3) is 0.111. The first-order valence-electron chi connectivity index (χ1n) is 7.81. The molecule has 134 valence electrons. The third-order valence-corrected chi connectivity index (χ3v) is 3.81. The van der Waals surface area contributed by atoms with E-state index < -0.39 is 11.9 Å². The zero-order chi connectivity index (χ0) is 19.6. The third-order valence-electron chi connectivity index (χ3n) is 3.81. The number of imidazole rings is 1. The van der Waals surface area contributed by atoms with Gasteiger partial charge in [-0.25, -0.2) is 19.2 Å². The maximum Gasteiger partial charge on any atom is 0.413 e. The minimum atomic E-state index is -1.18. The molecule has 0 spiro atoms. The van der Waals surface area contributed by atoms with Crippen LogP contribution in [0.25, 0.3) is 11.0 Å². The number of pyridine rings is 1. The van der Waals surface area contributed by atoms with Crippen molar-refractivity contribution in [2.24, 2.45) is 0 Å². The van der Waals surface area contributed by atoms with Gasteiger partial charge in [-0.1, -0.05) is 11.8 Å². The van der Waals surface area contributed by atoms with Crippen molar-refractivity contribution < 1.29 is 14.3 Å². The molecule has 0 bridgehead atoms. The molecule has 0 aliphatic rings. The van der Waals surface area contributed by atoms with Crippen LogP contribution in [0, 0.1) is 29.0 Å². The molecule has 0 saturated carbocycles. The molecule has 0 saturated heterocycles. The average molecular weight is 364 g/mol. The molecule has 2 heterocycles. The number of hydrogen-bond acceptors (Lipinski definition) is 5. The number of nitriles is 1. The van der Waals surface area contributed by atoms with Crippen molar-refractivity contribution >= 4 is 28.8 Å². The maximum absolute atomic E-state index is 13.4. The minimum absolute atomic E-state index is 0.0246. The number of aromatic amines is 1. The second kappa shape index (κ2) is 7.02. The molecular weight excluding hydrogens is 351 g/mol. The Kier molecular flexibility index (Phi) is 4.60. The van der Waals surface area contributed by atoms with Crippen molar-refractivity contribution in [1.29, 1.82) is 5.26 Å². The molecule has 0 aliphatic heterocycles. The number of nitrogen functional groups attached to an aromatic ring is 1. The molecule has 3 aromatic rings. The number of nitrogens with one attached hydrogen (secondary N) is 1. The van der Waals surface area contributed by atoms with E-state index in [-0.39, 0.29) is 23.7 Å². The SMILES string of the molecule is CCN(C(=O)O)c1nc(N)c(C#Cc2ccc(F)c(C#N)c2)c2[nH]cnc12. The number of hydrogen-bond donors (Lipinski definition) is 3. The lowest BCUT2D eigenvalue weighted by Gasteiger charge is -2.17. The fourth-order valence-corrected chi connectivity index (χ4v) is 2.52. The molecule has 9 heteroatoms. The summed E-state index contributed by atoms with van der Waals surface area (Å²) >= 11 is 0. The highest BCUT2D eigenvalue weighted by atomic mass is 19.1. The van der Waals surface area contributed by atoms with Crippen LogP contribution in [0.2, 0.25) is 0 Å². The van der Waals surface area contributed by atoms with Crippen molar-refractivity contribution in [1.82, 2.24) is 15.0 Å². The average Bonchev–Trinajstić information content (AvgIpc) is 3.12. The number of fused-ring (bicyclic) bond motifs is 1. The van der Waals surface area contributed by atoms with Gasteiger partial charge < -0.3 is 15.8 Å². The largest absolute Gasteiger partial charge is 0.465 e. The summed E-state index contributed by atoms with van der Waals surface area (Å²) < 4.78 is 13.4. The van der Waals surface area contributed by atoms with Crippen molar-refractivity contribution in [2.75, 3.05) is 17.2 Å². The molecule has 0 unspecified atom stereocenters. The smallest absolute Gasteiger partial charge is 0.413 e. The van der Waals surface area contributed by atoms with Crippen LogP contribution in [-0.4, -0.2) is 32.7 Å². The summed E-state index contributed by atoms with van der Waals surface area (Å²) in [5.41, 5.74) is 7.38. The van der Waals surface area contributed by atoms with Gasteiger partial charge in [-0.15, -0.1) is 0 Å². The lowest BCUT2D eigenvalue weighted by Crippen LogP contribution is -2.30.